The van der Waals surface area contributed by atoms with E-state index in [4.69, 9.17) is 4.99 Å². The Labute approximate surface area is 185 Å². The third kappa shape index (κ3) is 5.15. The van der Waals surface area contributed by atoms with Crippen LogP contribution in [0, 0.1) is 5.41 Å². The number of rotatable bonds is 5. The SMILES string of the molecule is CCNC(=NCC1(C(=O)N(C)C)CCCC1)N1CCC(c2ncn[nH]2)CC1.I. The molecule has 3 rings (SSSR count). The molecule has 0 aromatic carbocycles. The first-order valence-electron chi connectivity index (χ1n) is 10.2. The first-order chi connectivity index (χ1) is 13.1. The fourth-order valence-electron chi connectivity index (χ4n) is 4.39. The second-order valence-corrected chi connectivity index (χ2v) is 7.99. The van der Waals surface area contributed by atoms with Crippen molar-refractivity contribution in [2.75, 3.05) is 40.3 Å². The Balaban J connectivity index is 0.00000280. The molecule has 28 heavy (non-hydrogen) atoms. The maximum Gasteiger partial charge on any atom is 0.230 e. The van der Waals surface area contributed by atoms with Crippen molar-refractivity contribution in [1.29, 1.82) is 0 Å². The average Bonchev–Trinajstić information content (AvgIpc) is 3.37. The first kappa shape index (κ1) is 22.9. The second kappa shape index (κ2) is 10.4. The number of H-pyrrole nitrogens is 1. The Morgan fingerprint density at radius 3 is 2.57 bits per heavy atom. The Morgan fingerprint density at radius 1 is 1.36 bits per heavy atom. The van der Waals surface area contributed by atoms with Crippen molar-refractivity contribution in [1.82, 2.24) is 30.3 Å². The highest BCUT2D eigenvalue weighted by atomic mass is 127. The minimum Gasteiger partial charge on any atom is -0.357 e. The van der Waals surface area contributed by atoms with Gasteiger partial charge in [0.2, 0.25) is 5.91 Å². The second-order valence-electron chi connectivity index (χ2n) is 7.99. The van der Waals surface area contributed by atoms with E-state index in [1.807, 2.05) is 14.1 Å². The predicted octanol–water partition coefficient (Wildman–Crippen LogP) is 2.22. The Morgan fingerprint density at radius 2 is 2.04 bits per heavy atom. The molecule has 1 aromatic heterocycles. The van der Waals surface area contributed by atoms with Gasteiger partial charge < -0.3 is 15.1 Å². The van der Waals surface area contributed by atoms with Gasteiger partial charge >= 0.3 is 0 Å². The van der Waals surface area contributed by atoms with Crippen LogP contribution in [0.2, 0.25) is 0 Å². The van der Waals surface area contributed by atoms with E-state index in [0.29, 0.717) is 12.5 Å². The number of halogens is 1. The van der Waals surface area contributed by atoms with Gasteiger partial charge in [0, 0.05) is 39.6 Å². The Bertz CT molecular complexity index is 633. The molecule has 1 saturated carbocycles. The number of aliphatic imine (C=N–C) groups is 1. The summed E-state index contributed by atoms with van der Waals surface area (Å²) in [6.45, 7) is 5.37. The molecule has 1 amide bonds. The van der Waals surface area contributed by atoms with Gasteiger partial charge in [0.25, 0.3) is 0 Å². The van der Waals surface area contributed by atoms with E-state index in [0.717, 1.165) is 69.9 Å². The van der Waals surface area contributed by atoms with E-state index in [1.165, 1.54) is 0 Å². The molecule has 0 unspecified atom stereocenters. The Kier molecular flexibility index (Phi) is 8.51. The van der Waals surface area contributed by atoms with Crippen molar-refractivity contribution in [2.24, 2.45) is 10.4 Å². The molecule has 0 radical (unpaired) electrons. The summed E-state index contributed by atoms with van der Waals surface area (Å²) in [7, 11) is 3.71. The van der Waals surface area contributed by atoms with Crippen LogP contribution in [0.15, 0.2) is 11.3 Å². The number of nitrogens with zero attached hydrogens (tertiary/aromatic N) is 5. The van der Waals surface area contributed by atoms with E-state index < -0.39 is 0 Å². The molecule has 9 heteroatoms. The number of amides is 1. The van der Waals surface area contributed by atoms with Crippen molar-refractivity contribution >= 4 is 35.8 Å². The van der Waals surface area contributed by atoms with Crippen molar-refractivity contribution < 1.29 is 4.79 Å². The van der Waals surface area contributed by atoms with E-state index in [9.17, 15) is 4.79 Å². The number of nitrogens with one attached hydrogen (secondary N) is 2. The molecule has 2 aliphatic rings. The van der Waals surface area contributed by atoms with Crippen LogP contribution in [0.25, 0.3) is 0 Å². The van der Waals surface area contributed by atoms with Crippen molar-refractivity contribution in [2.45, 2.75) is 51.4 Å². The summed E-state index contributed by atoms with van der Waals surface area (Å²) in [4.78, 5) is 26.1. The molecule has 0 spiro atoms. The van der Waals surface area contributed by atoms with Crippen molar-refractivity contribution in [3.05, 3.63) is 12.2 Å². The monoisotopic (exact) mass is 503 g/mol. The fourth-order valence-corrected chi connectivity index (χ4v) is 4.39. The van der Waals surface area contributed by atoms with Gasteiger partial charge in [-0.3, -0.25) is 14.9 Å². The molecule has 8 nitrogen and oxygen atoms in total. The van der Waals surface area contributed by atoms with Crippen LogP contribution in [-0.2, 0) is 4.79 Å². The third-order valence-electron chi connectivity index (χ3n) is 5.90. The standard InChI is InChI=1S/C19H33N7O.HI/c1-4-20-18(21-13-19(9-5-6-10-19)17(27)25(2)3)26-11-7-15(8-12-26)16-22-14-23-24-16;/h14-15H,4-13H2,1-3H3,(H,20,21)(H,22,23,24);1H. The van der Waals surface area contributed by atoms with Gasteiger partial charge in [-0.25, -0.2) is 4.98 Å². The normalized spacial score (nSPS) is 20.0. The molecule has 2 fully saturated rings. The highest BCUT2D eigenvalue weighted by Gasteiger charge is 2.42. The number of aromatic nitrogens is 3. The molecular weight excluding hydrogens is 469 g/mol. The smallest absolute Gasteiger partial charge is 0.230 e. The highest BCUT2D eigenvalue weighted by molar-refractivity contribution is 14.0. The lowest BCUT2D eigenvalue weighted by molar-refractivity contribution is -0.138. The molecule has 1 aliphatic heterocycles. The molecule has 0 atom stereocenters. The lowest BCUT2D eigenvalue weighted by Gasteiger charge is -2.34. The topological polar surface area (TPSA) is 89.5 Å². The molecule has 1 aliphatic carbocycles. The number of aromatic amines is 1. The fraction of sp³-hybridized carbons (Fsp3) is 0.789. The lowest BCUT2D eigenvalue weighted by Crippen LogP contribution is -2.47. The van der Waals surface area contributed by atoms with Gasteiger partial charge in [-0.15, -0.1) is 24.0 Å². The summed E-state index contributed by atoms with van der Waals surface area (Å²) in [5.41, 5.74) is -0.317. The van der Waals surface area contributed by atoms with Gasteiger partial charge in [0.1, 0.15) is 12.2 Å². The summed E-state index contributed by atoms with van der Waals surface area (Å²) < 4.78 is 0. The number of hydrogen-bond donors (Lipinski definition) is 2. The minimum atomic E-state index is -0.317. The number of hydrogen-bond acceptors (Lipinski definition) is 4. The van der Waals surface area contributed by atoms with Crippen LogP contribution in [-0.4, -0.2) is 77.1 Å². The van der Waals surface area contributed by atoms with Crippen LogP contribution in [0.3, 0.4) is 0 Å². The quantitative estimate of drug-likeness (QED) is 0.366. The van der Waals surface area contributed by atoms with Crippen LogP contribution in [0.5, 0.6) is 0 Å². The summed E-state index contributed by atoms with van der Waals surface area (Å²) in [5.74, 6) is 2.58. The molecule has 2 N–H and O–H groups in total. The van der Waals surface area contributed by atoms with Gasteiger partial charge in [-0.05, 0) is 32.6 Å². The zero-order chi connectivity index (χ0) is 19.3. The van der Waals surface area contributed by atoms with Crippen molar-refractivity contribution in [3.63, 3.8) is 0 Å². The first-order valence-corrected chi connectivity index (χ1v) is 10.2. The number of carbonyl (C=O) groups is 1. The van der Waals surface area contributed by atoms with Crippen LogP contribution in [0.1, 0.15) is 57.2 Å². The number of guanidine groups is 1. The maximum absolute atomic E-state index is 12.8. The lowest BCUT2D eigenvalue weighted by atomic mass is 9.85. The van der Waals surface area contributed by atoms with Gasteiger partial charge in [-0.2, -0.15) is 5.10 Å². The number of likely N-dealkylation sites (tertiary alicyclic amines) is 1. The van der Waals surface area contributed by atoms with E-state index in [1.54, 1.807) is 11.2 Å². The molecule has 0 bridgehead atoms. The average molecular weight is 503 g/mol. The highest BCUT2D eigenvalue weighted by Crippen LogP contribution is 2.40. The molecule has 1 aromatic rings. The number of carbonyl (C=O) groups excluding carboxylic acids is 1. The van der Waals surface area contributed by atoms with Gasteiger partial charge in [-0.1, -0.05) is 12.8 Å². The molecule has 1 saturated heterocycles. The summed E-state index contributed by atoms with van der Waals surface area (Å²) >= 11 is 0. The zero-order valence-electron chi connectivity index (χ0n) is 17.3. The molecule has 158 valence electrons. The molecular formula is C19H34IN7O. The van der Waals surface area contributed by atoms with Crippen LogP contribution in [0.4, 0.5) is 0 Å². The summed E-state index contributed by atoms with van der Waals surface area (Å²) in [5, 5.41) is 10.4. The van der Waals surface area contributed by atoms with Gasteiger partial charge in [0.15, 0.2) is 5.96 Å². The molecule has 2 heterocycles. The largest absolute Gasteiger partial charge is 0.357 e. The maximum atomic E-state index is 12.8. The summed E-state index contributed by atoms with van der Waals surface area (Å²) in [6.07, 6.45) is 7.77. The van der Waals surface area contributed by atoms with E-state index in [-0.39, 0.29) is 35.3 Å². The Hall–Kier alpha value is -1.39. The van der Waals surface area contributed by atoms with E-state index in [2.05, 4.69) is 32.3 Å². The summed E-state index contributed by atoms with van der Waals surface area (Å²) in [6, 6.07) is 0. The number of piperidine rings is 1. The van der Waals surface area contributed by atoms with Gasteiger partial charge in [0.05, 0.1) is 12.0 Å². The van der Waals surface area contributed by atoms with E-state index >= 15 is 0 Å². The zero-order valence-corrected chi connectivity index (χ0v) is 19.6. The van der Waals surface area contributed by atoms with Crippen molar-refractivity contribution in [3.8, 4) is 0 Å². The van der Waals surface area contributed by atoms with Crippen LogP contribution < -0.4 is 5.32 Å². The third-order valence-corrected chi connectivity index (χ3v) is 5.90. The minimum absolute atomic E-state index is 0. The van der Waals surface area contributed by atoms with Crippen LogP contribution >= 0.6 is 24.0 Å². The predicted molar refractivity (Wildman–Crippen MR) is 121 cm³/mol.